The molecule has 3 rings (SSSR count). The lowest BCUT2D eigenvalue weighted by Gasteiger charge is -2.21. The third-order valence-electron chi connectivity index (χ3n) is 10.6. The molecular weight excluding hydrogens is 832 g/mol. The van der Waals surface area contributed by atoms with E-state index in [4.69, 9.17) is 18.9 Å². The highest BCUT2D eigenvalue weighted by Crippen LogP contribution is 2.29. The van der Waals surface area contributed by atoms with Gasteiger partial charge in [0.2, 0.25) is 15.7 Å². The van der Waals surface area contributed by atoms with E-state index in [1.165, 1.54) is 84.5 Å². The third kappa shape index (κ3) is 18.5. The van der Waals surface area contributed by atoms with Crippen LogP contribution in [0.2, 0.25) is 0 Å². The van der Waals surface area contributed by atoms with Crippen LogP contribution in [0, 0.1) is 0 Å². The normalized spacial score (nSPS) is 11.6. The van der Waals surface area contributed by atoms with Gasteiger partial charge in [0, 0.05) is 36.7 Å². The quantitative estimate of drug-likeness (QED) is 0.0554. The average molecular weight is 904 g/mol. The maximum Gasteiger partial charge on any atom is 0.417 e. The number of para-hydroxylation sites is 2. The number of ether oxygens (including phenoxy) is 4. The molecule has 2 N–H and O–H groups in total. The minimum atomic E-state index is -3.92. The summed E-state index contributed by atoms with van der Waals surface area (Å²) < 4.78 is 54.0. The van der Waals surface area contributed by atoms with Gasteiger partial charge in [-0.15, -0.1) is 0 Å². The van der Waals surface area contributed by atoms with E-state index in [1.807, 2.05) is 35.9 Å². The van der Waals surface area contributed by atoms with Crippen LogP contribution in [-0.2, 0) is 39.1 Å². The summed E-state index contributed by atoms with van der Waals surface area (Å²) >= 11 is 0. The maximum absolute atomic E-state index is 13.7. The molecule has 0 bridgehead atoms. The van der Waals surface area contributed by atoms with Crippen molar-refractivity contribution in [2.75, 3.05) is 27.4 Å². The molecule has 2 aromatic carbocycles. The number of halogens is 1. The minimum absolute atomic E-state index is 0. The van der Waals surface area contributed by atoms with Gasteiger partial charge in [-0.2, -0.15) is 0 Å². The first-order valence-electron chi connectivity index (χ1n) is 22.3. The fourth-order valence-electron chi connectivity index (χ4n) is 7.26. The Morgan fingerprint density at radius 1 is 0.710 bits per heavy atom. The second kappa shape index (κ2) is 30.6. The Hall–Kier alpha value is -4.40. The molecule has 1 atom stereocenters. The first kappa shape index (κ1) is 53.7. The molecule has 0 saturated carbocycles. The van der Waals surface area contributed by atoms with Gasteiger partial charge in [-0.25, -0.2) is 32.2 Å². The van der Waals surface area contributed by atoms with E-state index >= 15 is 0 Å². The number of carbonyl (C=O) groups is 3. The highest BCUT2D eigenvalue weighted by Gasteiger charge is 2.30. The number of hydrogen-bond donors (Lipinski definition) is 2. The van der Waals surface area contributed by atoms with Gasteiger partial charge < -0.3 is 36.7 Å². The van der Waals surface area contributed by atoms with E-state index in [0.29, 0.717) is 17.9 Å². The Kier molecular flexibility index (Phi) is 26.5. The fourth-order valence-corrected chi connectivity index (χ4v) is 8.78. The molecule has 0 aliphatic rings. The Morgan fingerprint density at radius 3 is 2.00 bits per heavy atom. The number of nitrogens with one attached hydrogen (secondary N) is 2. The largest absolute Gasteiger partial charge is 1.00 e. The zero-order valence-electron chi connectivity index (χ0n) is 37.6. The molecule has 0 fully saturated rings. The average Bonchev–Trinajstić information content (AvgIpc) is 3.27. The monoisotopic (exact) mass is 902 g/mol. The molecule has 0 spiro atoms. The van der Waals surface area contributed by atoms with Gasteiger partial charge in [-0.05, 0) is 38.0 Å². The molecule has 62 heavy (non-hydrogen) atoms. The van der Waals surface area contributed by atoms with Crippen molar-refractivity contribution in [3.8, 4) is 11.5 Å². The van der Waals surface area contributed by atoms with Gasteiger partial charge in [-0.1, -0.05) is 128 Å². The fraction of sp³-hybridized carbons (Fsp3) is 0.574. The van der Waals surface area contributed by atoms with E-state index in [2.05, 4.69) is 23.9 Å². The molecule has 1 heterocycles. The number of methoxy groups -OCH3 is 2. The van der Waals surface area contributed by atoms with Crippen LogP contribution < -0.4 is 36.5 Å². The van der Waals surface area contributed by atoms with Crippen molar-refractivity contribution in [1.29, 1.82) is 0 Å². The van der Waals surface area contributed by atoms with E-state index in [-0.39, 0.29) is 67.4 Å². The molecule has 13 nitrogen and oxygen atoms in total. The van der Waals surface area contributed by atoms with Gasteiger partial charge in [0.25, 0.3) is 5.91 Å². The number of amides is 3. The van der Waals surface area contributed by atoms with E-state index in [1.54, 1.807) is 36.4 Å². The summed E-state index contributed by atoms with van der Waals surface area (Å²) in [5.74, 6) is -0.108. The lowest BCUT2D eigenvalue weighted by Crippen LogP contribution is -3.00. The van der Waals surface area contributed by atoms with Crippen LogP contribution in [0.4, 0.5) is 9.59 Å². The number of benzene rings is 2. The van der Waals surface area contributed by atoms with Crippen molar-refractivity contribution in [3.63, 3.8) is 0 Å². The van der Waals surface area contributed by atoms with Crippen molar-refractivity contribution in [3.05, 3.63) is 83.7 Å². The molecular formula is C47H71ClN4O9S. The number of imide groups is 1. The Morgan fingerprint density at radius 2 is 1.35 bits per heavy atom. The lowest BCUT2D eigenvalue weighted by molar-refractivity contribution is -0.701. The van der Waals surface area contributed by atoms with Crippen molar-refractivity contribution in [1.82, 2.24) is 14.9 Å². The van der Waals surface area contributed by atoms with E-state index < -0.39 is 28.1 Å². The summed E-state index contributed by atoms with van der Waals surface area (Å²) in [5, 5.41) is 2.65. The predicted molar refractivity (Wildman–Crippen MR) is 237 cm³/mol. The van der Waals surface area contributed by atoms with Gasteiger partial charge in [0.15, 0.2) is 6.20 Å². The SMILES string of the molecule is CCCCCCCCCCCCCCC(CCC)NS(=O)(=O)c1cccc(CNC(=O)OCCCOC(=O)N(Cc2cccc[n+]2CC)C(=O)c2ccccc2OC)c1OC.[Cl-]. The second-order valence-corrected chi connectivity index (χ2v) is 16.9. The molecule has 0 aliphatic heterocycles. The lowest BCUT2D eigenvalue weighted by atomic mass is 10.0. The summed E-state index contributed by atoms with van der Waals surface area (Å²) in [6.07, 6.45) is 17.8. The van der Waals surface area contributed by atoms with Gasteiger partial charge in [0.1, 0.15) is 29.5 Å². The van der Waals surface area contributed by atoms with Crippen molar-refractivity contribution in [2.45, 2.75) is 154 Å². The minimum Gasteiger partial charge on any atom is -1.00 e. The standard InChI is InChI=1S/C47H70N4O9S.ClH/c1-6-9-10-11-12-13-14-15-16-17-18-19-28-39(26-7-2)49-61(55,56)43-32-24-27-38(44(43)58-5)36-48-46(53)59-34-25-35-60-47(54)51(37-40-29-22-23-33-50(40)8-3)45(52)41-30-20-21-31-42(41)57-4;/h20-24,27,29-33,39,49H,6-19,25-26,28,34-37H2,1-5H3;1H. The molecule has 0 saturated heterocycles. The van der Waals surface area contributed by atoms with Gasteiger partial charge in [0.05, 0.1) is 33.0 Å². The van der Waals surface area contributed by atoms with Crippen molar-refractivity contribution < 1.29 is 58.7 Å². The summed E-state index contributed by atoms with van der Waals surface area (Å²) in [6, 6.07) is 16.8. The number of unbranched alkanes of at least 4 members (excludes halogenated alkanes) is 11. The first-order valence-corrected chi connectivity index (χ1v) is 23.8. The molecule has 0 aliphatic carbocycles. The van der Waals surface area contributed by atoms with Crippen LogP contribution in [0.15, 0.2) is 71.8 Å². The summed E-state index contributed by atoms with van der Waals surface area (Å²) in [7, 11) is -1.07. The molecule has 3 aromatic rings. The Balaban J connectivity index is 0.0000132. The smallest absolute Gasteiger partial charge is 0.417 e. The highest BCUT2D eigenvalue weighted by atomic mass is 35.5. The summed E-state index contributed by atoms with van der Waals surface area (Å²) in [6.45, 7) is 6.61. The molecule has 15 heteroatoms. The van der Waals surface area contributed by atoms with Crippen LogP contribution in [0.5, 0.6) is 11.5 Å². The third-order valence-corrected chi connectivity index (χ3v) is 12.1. The number of rotatable bonds is 30. The number of alkyl carbamates (subject to hydrolysis) is 1. The number of hydrogen-bond acceptors (Lipinski definition) is 9. The Labute approximate surface area is 377 Å². The van der Waals surface area contributed by atoms with Crippen LogP contribution in [0.3, 0.4) is 0 Å². The molecule has 3 amide bonds. The number of sulfonamides is 1. The zero-order valence-corrected chi connectivity index (χ0v) is 39.2. The molecule has 1 unspecified atom stereocenters. The van der Waals surface area contributed by atoms with Crippen molar-refractivity contribution >= 4 is 28.1 Å². The van der Waals surface area contributed by atoms with Crippen LogP contribution in [0.25, 0.3) is 0 Å². The number of carbonyl (C=O) groups excluding carboxylic acids is 3. The highest BCUT2D eigenvalue weighted by molar-refractivity contribution is 7.89. The topological polar surface area (TPSA) is 153 Å². The molecule has 1 aromatic heterocycles. The van der Waals surface area contributed by atoms with Crippen LogP contribution in [-0.4, -0.2) is 64.9 Å². The molecule has 0 radical (unpaired) electrons. The zero-order chi connectivity index (χ0) is 44.3. The predicted octanol–water partition coefficient (Wildman–Crippen LogP) is 6.65. The van der Waals surface area contributed by atoms with Crippen molar-refractivity contribution in [2.24, 2.45) is 0 Å². The number of nitrogens with zero attached hydrogens (tertiary/aromatic N) is 2. The Bertz CT molecular complexity index is 1880. The number of aromatic nitrogens is 1. The van der Waals surface area contributed by atoms with Crippen LogP contribution in [0.1, 0.15) is 145 Å². The number of pyridine rings is 1. The van der Waals surface area contributed by atoms with Gasteiger partial charge in [-0.3, -0.25) is 4.79 Å². The first-order chi connectivity index (χ1) is 29.6. The summed E-state index contributed by atoms with van der Waals surface area (Å²) in [5.41, 5.74) is 1.40. The molecule has 346 valence electrons. The van der Waals surface area contributed by atoms with E-state index in [9.17, 15) is 22.8 Å². The summed E-state index contributed by atoms with van der Waals surface area (Å²) in [4.78, 5) is 40.7. The maximum atomic E-state index is 13.7. The second-order valence-electron chi connectivity index (χ2n) is 15.3. The van der Waals surface area contributed by atoms with Gasteiger partial charge >= 0.3 is 12.2 Å². The van der Waals surface area contributed by atoms with Crippen LogP contribution >= 0.6 is 0 Å². The number of aryl methyl sites for hydroxylation is 1. The van der Waals surface area contributed by atoms with E-state index in [0.717, 1.165) is 42.7 Å².